The van der Waals surface area contributed by atoms with Crippen molar-refractivity contribution in [2.45, 2.75) is 13.0 Å². The molecule has 0 aromatic heterocycles. The van der Waals surface area contributed by atoms with Gasteiger partial charge in [0, 0.05) is 44.9 Å². The second-order valence-corrected chi connectivity index (χ2v) is 6.44. The minimum absolute atomic E-state index is 0.679. The average Bonchev–Trinajstić information content (AvgIpc) is 2.76. The van der Waals surface area contributed by atoms with Crippen LogP contribution < -0.4 is 24.3 Å². The highest BCUT2D eigenvalue weighted by molar-refractivity contribution is 5.79. The molecule has 0 radical (unpaired) electrons. The molecule has 2 aromatic carbocycles. The van der Waals surface area contributed by atoms with Gasteiger partial charge in [-0.05, 0) is 24.1 Å². The molecule has 0 aliphatic rings. The third-order valence-electron chi connectivity index (χ3n) is 4.63. The number of rotatable bonds is 9. The van der Waals surface area contributed by atoms with Gasteiger partial charge >= 0.3 is 0 Å². The molecule has 7 heteroatoms. The van der Waals surface area contributed by atoms with Crippen LogP contribution in [0.2, 0.25) is 0 Å². The molecule has 158 valence electrons. The lowest BCUT2D eigenvalue weighted by molar-refractivity contribution is 0.368. The maximum absolute atomic E-state index is 5.52. The van der Waals surface area contributed by atoms with Crippen molar-refractivity contribution in [2.75, 3.05) is 49.1 Å². The van der Waals surface area contributed by atoms with Crippen LogP contribution in [0.4, 0.5) is 0 Å². The van der Waals surface area contributed by atoms with Gasteiger partial charge < -0.3 is 29.2 Å². The smallest absolute Gasteiger partial charge is 0.193 e. The van der Waals surface area contributed by atoms with E-state index in [1.54, 1.807) is 35.5 Å². The predicted molar refractivity (Wildman–Crippen MR) is 116 cm³/mol. The van der Waals surface area contributed by atoms with Gasteiger partial charge in [-0.25, -0.2) is 0 Å². The summed E-state index contributed by atoms with van der Waals surface area (Å²) in [6, 6.07) is 11.7. The van der Waals surface area contributed by atoms with Crippen LogP contribution in [0.25, 0.3) is 0 Å². The Labute approximate surface area is 173 Å². The van der Waals surface area contributed by atoms with Crippen LogP contribution in [-0.2, 0) is 13.0 Å². The summed E-state index contributed by atoms with van der Waals surface area (Å²) < 4.78 is 21.6. The number of aliphatic imine (C=N–C) groups is 1. The lowest BCUT2D eigenvalue weighted by Crippen LogP contribution is -2.39. The van der Waals surface area contributed by atoms with Gasteiger partial charge in [0.05, 0.1) is 28.4 Å². The first-order chi connectivity index (χ1) is 14.1. The lowest BCUT2D eigenvalue weighted by atomic mass is 10.1. The van der Waals surface area contributed by atoms with Crippen LogP contribution >= 0.6 is 0 Å². The second-order valence-electron chi connectivity index (χ2n) is 6.44. The van der Waals surface area contributed by atoms with Gasteiger partial charge in [-0.15, -0.1) is 0 Å². The number of nitrogens with one attached hydrogen (secondary N) is 1. The maximum atomic E-state index is 5.52. The largest absolute Gasteiger partial charge is 0.497 e. The normalized spacial score (nSPS) is 11.0. The van der Waals surface area contributed by atoms with Crippen molar-refractivity contribution in [1.82, 2.24) is 10.2 Å². The number of hydrogen-bond donors (Lipinski definition) is 1. The van der Waals surface area contributed by atoms with Crippen LogP contribution in [0.3, 0.4) is 0 Å². The number of nitrogens with zero attached hydrogens (tertiary/aromatic N) is 2. The first kappa shape index (κ1) is 22.2. The van der Waals surface area contributed by atoms with E-state index in [-0.39, 0.29) is 0 Å². The molecule has 0 bridgehead atoms. The van der Waals surface area contributed by atoms with E-state index in [9.17, 15) is 0 Å². The molecule has 0 aliphatic heterocycles. The Morgan fingerprint density at radius 1 is 0.897 bits per heavy atom. The quantitative estimate of drug-likeness (QED) is 0.515. The van der Waals surface area contributed by atoms with Gasteiger partial charge in [0.25, 0.3) is 0 Å². The van der Waals surface area contributed by atoms with Crippen molar-refractivity contribution in [3.05, 3.63) is 47.5 Å². The highest BCUT2D eigenvalue weighted by atomic mass is 16.5. The Morgan fingerprint density at radius 2 is 1.48 bits per heavy atom. The molecular formula is C22H31N3O4. The molecule has 0 amide bonds. The highest BCUT2D eigenvalue weighted by Crippen LogP contribution is 2.34. The maximum Gasteiger partial charge on any atom is 0.193 e. The fourth-order valence-corrected chi connectivity index (χ4v) is 3.09. The van der Waals surface area contributed by atoms with Gasteiger partial charge in [-0.2, -0.15) is 0 Å². The van der Waals surface area contributed by atoms with Crippen molar-refractivity contribution in [3.63, 3.8) is 0 Å². The molecule has 2 aromatic rings. The molecule has 29 heavy (non-hydrogen) atoms. The fraction of sp³-hybridized carbons (Fsp3) is 0.409. The highest BCUT2D eigenvalue weighted by Gasteiger charge is 2.14. The third kappa shape index (κ3) is 5.94. The van der Waals surface area contributed by atoms with E-state index >= 15 is 0 Å². The SMILES string of the molecule is CN=C(NCCc1c(OC)cc(OC)cc1OC)N(C)Cc1ccc(OC)cc1. The van der Waals surface area contributed by atoms with Crippen LogP contribution in [0.5, 0.6) is 23.0 Å². The summed E-state index contributed by atoms with van der Waals surface area (Å²) in [6.45, 7) is 1.41. The monoisotopic (exact) mass is 401 g/mol. The van der Waals surface area contributed by atoms with Crippen LogP contribution in [-0.4, -0.2) is 59.9 Å². The van der Waals surface area contributed by atoms with Gasteiger partial charge in [0.2, 0.25) is 0 Å². The van der Waals surface area contributed by atoms with E-state index in [1.165, 1.54) is 5.56 Å². The molecule has 0 unspecified atom stereocenters. The average molecular weight is 402 g/mol. The number of guanidine groups is 1. The van der Waals surface area contributed by atoms with Crippen molar-refractivity contribution in [2.24, 2.45) is 4.99 Å². The molecule has 1 N–H and O–H groups in total. The first-order valence-corrected chi connectivity index (χ1v) is 9.39. The summed E-state index contributed by atoms with van der Waals surface area (Å²) in [5.74, 6) is 3.84. The van der Waals surface area contributed by atoms with Crippen LogP contribution in [0.15, 0.2) is 41.4 Å². The zero-order valence-corrected chi connectivity index (χ0v) is 18.1. The Bertz CT molecular complexity index is 781. The van der Waals surface area contributed by atoms with E-state index in [0.29, 0.717) is 18.7 Å². The molecule has 0 heterocycles. The standard InChI is InChI=1S/C22H31N3O4/c1-23-22(25(2)15-16-7-9-17(26-3)10-8-16)24-12-11-19-20(28-5)13-18(27-4)14-21(19)29-6/h7-10,13-14H,11-12,15H2,1-6H3,(H,23,24). The topological polar surface area (TPSA) is 64.6 Å². The Morgan fingerprint density at radius 3 is 1.97 bits per heavy atom. The zero-order valence-electron chi connectivity index (χ0n) is 18.1. The molecular weight excluding hydrogens is 370 g/mol. The third-order valence-corrected chi connectivity index (χ3v) is 4.63. The summed E-state index contributed by atoms with van der Waals surface area (Å²) in [7, 11) is 10.4. The summed E-state index contributed by atoms with van der Waals surface area (Å²) in [5, 5.41) is 3.40. The van der Waals surface area contributed by atoms with Crippen molar-refractivity contribution >= 4 is 5.96 Å². The Kier molecular flexibility index (Phi) is 8.45. The second kappa shape index (κ2) is 11.0. The Hall–Kier alpha value is -3.09. The molecule has 7 nitrogen and oxygen atoms in total. The fourth-order valence-electron chi connectivity index (χ4n) is 3.09. The van der Waals surface area contributed by atoms with E-state index in [4.69, 9.17) is 18.9 Å². The van der Waals surface area contributed by atoms with Gasteiger partial charge in [0.15, 0.2) is 5.96 Å². The molecule has 0 aliphatic carbocycles. The predicted octanol–water partition coefficient (Wildman–Crippen LogP) is 2.97. The van der Waals surface area contributed by atoms with Gasteiger partial charge in [-0.3, -0.25) is 4.99 Å². The first-order valence-electron chi connectivity index (χ1n) is 9.39. The van der Waals surface area contributed by atoms with Gasteiger partial charge in [0.1, 0.15) is 23.0 Å². The van der Waals surface area contributed by atoms with E-state index in [0.717, 1.165) is 35.3 Å². The summed E-state index contributed by atoms with van der Waals surface area (Å²) in [4.78, 5) is 6.46. The van der Waals surface area contributed by atoms with Crippen LogP contribution in [0, 0.1) is 0 Å². The summed E-state index contributed by atoms with van der Waals surface area (Å²) in [6.07, 6.45) is 0.714. The van der Waals surface area contributed by atoms with E-state index in [2.05, 4.69) is 27.3 Å². The van der Waals surface area contributed by atoms with Crippen molar-refractivity contribution in [1.29, 1.82) is 0 Å². The summed E-state index contributed by atoms with van der Waals surface area (Å²) in [5.41, 5.74) is 2.16. The minimum atomic E-state index is 0.679. The lowest BCUT2D eigenvalue weighted by Gasteiger charge is -2.23. The number of benzene rings is 2. The molecule has 2 rings (SSSR count). The minimum Gasteiger partial charge on any atom is -0.497 e. The molecule has 0 spiro atoms. The molecule has 0 fully saturated rings. The van der Waals surface area contributed by atoms with E-state index in [1.807, 2.05) is 31.3 Å². The molecule has 0 atom stereocenters. The van der Waals surface area contributed by atoms with Crippen molar-refractivity contribution in [3.8, 4) is 23.0 Å². The van der Waals surface area contributed by atoms with Crippen LogP contribution in [0.1, 0.15) is 11.1 Å². The Balaban J connectivity index is 2.00. The molecule has 0 saturated heterocycles. The summed E-state index contributed by atoms with van der Waals surface area (Å²) >= 11 is 0. The molecule has 0 saturated carbocycles. The zero-order chi connectivity index (χ0) is 21.2. The van der Waals surface area contributed by atoms with Crippen molar-refractivity contribution < 1.29 is 18.9 Å². The number of ether oxygens (including phenoxy) is 4. The van der Waals surface area contributed by atoms with Gasteiger partial charge in [-0.1, -0.05) is 12.1 Å². The van der Waals surface area contributed by atoms with E-state index < -0.39 is 0 Å². The number of methoxy groups -OCH3 is 4. The number of hydrogen-bond acceptors (Lipinski definition) is 5.